The molecule has 11 nitrogen and oxygen atoms in total. The van der Waals surface area contributed by atoms with Gasteiger partial charge >= 0.3 is 17.9 Å². The molecule has 11 heteroatoms. The molecule has 1 aromatic heterocycles. The Labute approximate surface area is 216 Å². The Morgan fingerprint density at radius 3 is 1.59 bits per heavy atom. The van der Waals surface area contributed by atoms with Crippen molar-refractivity contribution in [3.05, 3.63) is 65.5 Å². The minimum absolute atomic E-state index is 0.0367. The van der Waals surface area contributed by atoms with E-state index in [9.17, 15) is 29.7 Å². The molecule has 0 atom stereocenters. The highest BCUT2D eigenvalue weighted by molar-refractivity contribution is 5.85. The molecule has 0 bridgehead atoms. The molecule has 2 aromatic rings. The summed E-state index contributed by atoms with van der Waals surface area (Å²) >= 11 is 0. The van der Waals surface area contributed by atoms with E-state index in [0.29, 0.717) is 71.1 Å². The minimum atomic E-state index is -1.10. The van der Waals surface area contributed by atoms with E-state index in [0.717, 1.165) is 5.56 Å². The second-order valence-corrected chi connectivity index (χ2v) is 9.20. The zero-order valence-corrected chi connectivity index (χ0v) is 20.9. The Balaban J connectivity index is 1.76. The normalized spacial score (nSPS) is 17.5. The molecule has 0 aliphatic carbocycles. The molecule has 1 saturated heterocycles. The van der Waals surface area contributed by atoms with E-state index in [1.165, 1.54) is 6.07 Å². The topological polar surface area (TPSA) is 138 Å². The average molecular weight is 514 g/mol. The highest BCUT2D eigenvalue weighted by atomic mass is 16.4. The van der Waals surface area contributed by atoms with Gasteiger partial charge in [-0.15, -0.1) is 0 Å². The number of nitrogens with zero attached hydrogens (tertiary/aromatic N) is 5. The molecule has 1 fully saturated rings. The highest BCUT2D eigenvalue weighted by Gasteiger charge is 2.20. The van der Waals surface area contributed by atoms with Gasteiger partial charge in [0.1, 0.15) is 5.69 Å². The molecule has 1 aromatic carbocycles. The maximum atomic E-state index is 11.5. The van der Waals surface area contributed by atoms with Crippen LogP contribution < -0.4 is 0 Å². The quantitative estimate of drug-likeness (QED) is 0.440. The largest absolute Gasteiger partial charge is 0.480 e. The van der Waals surface area contributed by atoms with Crippen molar-refractivity contribution >= 4 is 17.9 Å². The van der Waals surface area contributed by atoms with Gasteiger partial charge in [-0.05, 0) is 17.7 Å². The van der Waals surface area contributed by atoms with Crippen LogP contribution in [0.15, 0.2) is 48.5 Å². The van der Waals surface area contributed by atoms with Crippen molar-refractivity contribution in [1.82, 2.24) is 24.6 Å². The van der Waals surface area contributed by atoms with Gasteiger partial charge in [0.2, 0.25) is 0 Å². The molecule has 3 rings (SSSR count). The molecule has 1 aliphatic heterocycles. The number of hydrogen-bond acceptors (Lipinski definition) is 8. The Bertz CT molecular complexity index is 1010. The summed E-state index contributed by atoms with van der Waals surface area (Å²) in [4.78, 5) is 46.7. The van der Waals surface area contributed by atoms with Gasteiger partial charge in [-0.25, -0.2) is 9.78 Å². The molecule has 1 aliphatic rings. The van der Waals surface area contributed by atoms with Gasteiger partial charge in [0.05, 0.1) is 18.8 Å². The summed E-state index contributed by atoms with van der Waals surface area (Å²) in [6.45, 7) is 5.39. The fraction of sp³-hybridized carbons (Fsp3) is 0.462. The van der Waals surface area contributed by atoms with Gasteiger partial charge < -0.3 is 15.3 Å². The lowest BCUT2D eigenvalue weighted by atomic mass is 10.2. The summed E-state index contributed by atoms with van der Waals surface area (Å²) < 4.78 is 0. The SMILES string of the molecule is O=C(O)CN1CCN(Cc2ccccc2)CCN(CC(=O)O)CCN(Cc2cccc(C(=O)O)n2)CC1. The van der Waals surface area contributed by atoms with Gasteiger partial charge in [0.25, 0.3) is 0 Å². The van der Waals surface area contributed by atoms with Crippen LogP contribution in [0.3, 0.4) is 0 Å². The summed E-state index contributed by atoms with van der Waals surface area (Å²) in [5.74, 6) is -2.88. The van der Waals surface area contributed by atoms with Crippen molar-refractivity contribution in [3.63, 3.8) is 0 Å². The van der Waals surface area contributed by atoms with Crippen molar-refractivity contribution in [1.29, 1.82) is 0 Å². The lowest BCUT2D eigenvalue weighted by Gasteiger charge is -2.33. The third-order valence-corrected chi connectivity index (χ3v) is 6.31. The van der Waals surface area contributed by atoms with Crippen LogP contribution in [0.1, 0.15) is 21.7 Å². The molecule has 0 radical (unpaired) electrons. The number of benzene rings is 1. The third-order valence-electron chi connectivity index (χ3n) is 6.31. The molecular formula is C26H35N5O6. The van der Waals surface area contributed by atoms with Crippen molar-refractivity contribution in [3.8, 4) is 0 Å². The first-order valence-electron chi connectivity index (χ1n) is 12.3. The van der Waals surface area contributed by atoms with E-state index in [1.54, 1.807) is 12.1 Å². The summed E-state index contributed by atoms with van der Waals surface area (Å²) in [5.41, 5.74) is 1.70. The molecule has 37 heavy (non-hydrogen) atoms. The summed E-state index contributed by atoms with van der Waals surface area (Å²) in [6, 6.07) is 14.9. The first-order valence-corrected chi connectivity index (χ1v) is 12.3. The lowest BCUT2D eigenvalue weighted by Crippen LogP contribution is -2.47. The number of pyridine rings is 1. The molecule has 200 valence electrons. The van der Waals surface area contributed by atoms with Crippen LogP contribution in [0, 0.1) is 0 Å². The smallest absolute Gasteiger partial charge is 0.354 e. The van der Waals surface area contributed by atoms with E-state index in [1.807, 2.05) is 40.1 Å². The molecule has 3 N–H and O–H groups in total. The average Bonchev–Trinajstić information content (AvgIpc) is 2.85. The lowest BCUT2D eigenvalue weighted by molar-refractivity contribution is -0.139. The van der Waals surface area contributed by atoms with Crippen molar-refractivity contribution in [2.24, 2.45) is 0 Å². The van der Waals surface area contributed by atoms with Crippen molar-refractivity contribution in [2.75, 3.05) is 65.4 Å². The predicted octanol–water partition coefficient (Wildman–Crippen LogP) is 0.871. The molecule has 0 amide bonds. The van der Waals surface area contributed by atoms with E-state index in [-0.39, 0.29) is 18.8 Å². The van der Waals surface area contributed by atoms with Gasteiger partial charge in [0.15, 0.2) is 0 Å². The number of carboxylic acids is 3. The molecule has 0 spiro atoms. The minimum Gasteiger partial charge on any atom is -0.480 e. The maximum absolute atomic E-state index is 11.5. The van der Waals surface area contributed by atoms with Crippen LogP contribution in [0.4, 0.5) is 0 Å². The highest BCUT2D eigenvalue weighted by Crippen LogP contribution is 2.09. The number of aromatic carboxylic acids is 1. The van der Waals surface area contributed by atoms with Crippen LogP contribution in [0.5, 0.6) is 0 Å². The molecular weight excluding hydrogens is 478 g/mol. The van der Waals surface area contributed by atoms with Crippen LogP contribution in [-0.4, -0.2) is 123 Å². The van der Waals surface area contributed by atoms with E-state index in [4.69, 9.17) is 0 Å². The predicted molar refractivity (Wildman–Crippen MR) is 136 cm³/mol. The van der Waals surface area contributed by atoms with E-state index < -0.39 is 17.9 Å². The Hall–Kier alpha value is -3.38. The fourth-order valence-corrected chi connectivity index (χ4v) is 4.35. The van der Waals surface area contributed by atoms with Gasteiger partial charge in [-0.2, -0.15) is 0 Å². The number of hydrogen-bond donors (Lipinski definition) is 3. The van der Waals surface area contributed by atoms with E-state index >= 15 is 0 Å². The summed E-state index contributed by atoms with van der Waals surface area (Å²) in [5, 5.41) is 28.2. The fourth-order valence-electron chi connectivity index (χ4n) is 4.35. The summed E-state index contributed by atoms with van der Waals surface area (Å²) in [7, 11) is 0. The Morgan fingerprint density at radius 1 is 0.622 bits per heavy atom. The van der Waals surface area contributed by atoms with Crippen molar-refractivity contribution < 1.29 is 29.7 Å². The maximum Gasteiger partial charge on any atom is 0.354 e. The zero-order chi connectivity index (χ0) is 26.6. The van der Waals surface area contributed by atoms with Crippen LogP contribution >= 0.6 is 0 Å². The van der Waals surface area contributed by atoms with Crippen molar-refractivity contribution in [2.45, 2.75) is 13.1 Å². The van der Waals surface area contributed by atoms with Gasteiger partial charge in [-0.1, -0.05) is 36.4 Å². The summed E-state index contributed by atoms with van der Waals surface area (Å²) in [6.07, 6.45) is 0. The standard InChI is InChI=1S/C26H35N5O6/c32-24(33)19-30-13-9-28(17-21-5-2-1-3-6-21)10-14-31(20-25(34)35)16-12-29(11-15-30)18-22-7-4-8-23(27-22)26(36)37/h1-8H,9-20H2,(H,32,33)(H,34,35)(H,36,37). The second-order valence-electron chi connectivity index (χ2n) is 9.20. The Morgan fingerprint density at radius 2 is 1.11 bits per heavy atom. The number of aromatic nitrogens is 1. The van der Waals surface area contributed by atoms with Crippen LogP contribution in [0.25, 0.3) is 0 Å². The van der Waals surface area contributed by atoms with Gasteiger partial charge in [0, 0.05) is 65.4 Å². The molecule has 0 saturated carbocycles. The third kappa shape index (κ3) is 10.3. The monoisotopic (exact) mass is 513 g/mol. The number of carboxylic acid groups (broad SMARTS) is 3. The number of aliphatic carboxylic acids is 2. The molecule has 0 unspecified atom stereocenters. The first kappa shape index (κ1) is 28.2. The molecule has 2 heterocycles. The van der Waals surface area contributed by atoms with Crippen LogP contribution in [-0.2, 0) is 22.7 Å². The van der Waals surface area contributed by atoms with Gasteiger partial charge in [-0.3, -0.25) is 29.2 Å². The van der Waals surface area contributed by atoms with E-state index in [2.05, 4.69) is 14.8 Å². The zero-order valence-electron chi connectivity index (χ0n) is 20.9. The van der Waals surface area contributed by atoms with Crippen LogP contribution in [0.2, 0.25) is 0 Å². The number of rotatable bonds is 9. The number of carbonyl (C=O) groups is 3. The Kier molecular flexibility index (Phi) is 11.0. The first-order chi connectivity index (χ1) is 17.8. The second kappa shape index (κ2) is 14.4.